The van der Waals surface area contributed by atoms with Gasteiger partial charge in [-0.05, 0) is 23.3 Å². The van der Waals surface area contributed by atoms with E-state index in [1.54, 1.807) is 24.3 Å². The van der Waals surface area contributed by atoms with E-state index >= 15 is 0 Å². The summed E-state index contributed by atoms with van der Waals surface area (Å²) in [7, 11) is 0. The zero-order valence-corrected chi connectivity index (χ0v) is 12.5. The van der Waals surface area contributed by atoms with Gasteiger partial charge in [-0.25, -0.2) is 0 Å². The summed E-state index contributed by atoms with van der Waals surface area (Å²) in [5.41, 5.74) is 2.12. The molecule has 0 spiro atoms. The third-order valence-corrected chi connectivity index (χ3v) is 3.09. The van der Waals surface area contributed by atoms with E-state index in [1.165, 1.54) is 0 Å². The minimum atomic E-state index is -0.520. The standard InChI is InChI=1S/C18H16N2O3/c19-11-15-7-4-8-16(9-15)13-23-18(22)12-20-17(21)10-14-5-2-1-3-6-14/h1-9H,10,12-13H2,(H,20,21). The van der Waals surface area contributed by atoms with Crippen molar-refractivity contribution in [3.05, 3.63) is 71.3 Å². The fourth-order valence-corrected chi connectivity index (χ4v) is 1.96. The lowest BCUT2D eigenvalue weighted by atomic mass is 10.1. The SMILES string of the molecule is N#Cc1cccc(COC(=O)CNC(=O)Cc2ccccc2)c1. The van der Waals surface area contributed by atoms with Crippen LogP contribution in [0.2, 0.25) is 0 Å². The largest absolute Gasteiger partial charge is 0.460 e. The summed E-state index contributed by atoms with van der Waals surface area (Å²) in [5, 5.41) is 11.3. The number of esters is 1. The molecule has 2 aromatic carbocycles. The van der Waals surface area contributed by atoms with Crippen molar-refractivity contribution in [2.45, 2.75) is 13.0 Å². The Morgan fingerprint density at radius 2 is 1.78 bits per heavy atom. The normalized spacial score (nSPS) is 9.70. The van der Waals surface area contributed by atoms with Gasteiger partial charge in [0.05, 0.1) is 18.1 Å². The Kier molecular flexibility index (Phi) is 5.89. The Morgan fingerprint density at radius 1 is 1.04 bits per heavy atom. The monoisotopic (exact) mass is 308 g/mol. The molecule has 1 amide bonds. The van der Waals surface area contributed by atoms with Crippen molar-refractivity contribution < 1.29 is 14.3 Å². The highest BCUT2D eigenvalue weighted by molar-refractivity contribution is 5.83. The van der Waals surface area contributed by atoms with E-state index < -0.39 is 5.97 Å². The topological polar surface area (TPSA) is 79.2 Å². The van der Waals surface area contributed by atoms with Crippen LogP contribution < -0.4 is 5.32 Å². The summed E-state index contributed by atoms with van der Waals surface area (Å²) < 4.78 is 5.07. The average Bonchev–Trinajstić information content (AvgIpc) is 2.59. The smallest absolute Gasteiger partial charge is 0.325 e. The van der Waals surface area contributed by atoms with E-state index in [0.29, 0.717) is 5.56 Å². The number of nitriles is 1. The number of carbonyl (C=O) groups excluding carboxylic acids is 2. The van der Waals surface area contributed by atoms with Gasteiger partial charge in [-0.3, -0.25) is 9.59 Å². The Bertz CT molecular complexity index is 721. The molecule has 2 aromatic rings. The molecular weight excluding hydrogens is 292 g/mol. The van der Waals surface area contributed by atoms with Crippen LogP contribution in [0.1, 0.15) is 16.7 Å². The van der Waals surface area contributed by atoms with Gasteiger partial charge in [-0.15, -0.1) is 0 Å². The van der Waals surface area contributed by atoms with Crippen LogP contribution in [0, 0.1) is 11.3 Å². The van der Waals surface area contributed by atoms with E-state index in [1.807, 2.05) is 36.4 Å². The molecule has 2 rings (SSSR count). The number of amides is 1. The molecule has 116 valence electrons. The second kappa shape index (κ2) is 8.35. The van der Waals surface area contributed by atoms with Crippen LogP contribution in [0.4, 0.5) is 0 Å². The Labute approximate surface area is 134 Å². The fraction of sp³-hybridized carbons (Fsp3) is 0.167. The molecule has 0 unspecified atom stereocenters. The van der Waals surface area contributed by atoms with Gasteiger partial charge in [0.15, 0.2) is 0 Å². The maximum Gasteiger partial charge on any atom is 0.325 e. The van der Waals surface area contributed by atoms with E-state index in [2.05, 4.69) is 5.32 Å². The lowest BCUT2D eigenvalue weighted by Crippen LogP contribution is -2.31. The summed E-state index contributed by atoms with van der Waals surface area (Å²) in [4.78, 5) is 23.3. The molecule has 0 radical (unpaired) electrons. The molecule has 0 aliphatic rings. The van der Waals surface area contributed by atoms with Crippen LogP contribution >= 0.6 is 0 Å². The maximum absolute atomic E-state index is 11.7. The highest BCUT2D eigenvalue weighted by atomic mass is 16.5. The molecule has 23 heavy (non-hydrogen) atoms. The van der Waals surface area contributed by atoms with Crippen molar-refractivity contribution in [3.8, 4) is 6.07 Å². The third kappa shape index (κ3) is 5.64. The first-order valence-electron chi connectivity index (χ1n) is 7.12. The second-order valence-corrected chi connectivity index (χ2v) is 4.91. The minimum absolute atomic E-state index is 0.0723. The average molecular weight is 308 g/mol. The molecule has 0 saturated heterocycles. The van der Waals surface area contributed by atoms with Crippen molar-refractivity contribution in [2.24, 2.45) is 0 Å². The number of rotatable bonds is 6. The molecule has 5 heteroatoms. The van der Waals surface area contributed by atoms with Crippen LogP contribution in [0.25, 0.3) is 0 Å². The Balaban J connectivity index is 1.72. The first kappa shape index (κ1) is 16.2. The number of ether oxygens (including phenoxy) is 1. The van der Waals surface area contributed by atoms with Crippen LogP contribution in [0.3, 0.4) is 0 Å². The fourth-order valence-electron chi connectivity index (χ4n) is 1.96. The van der Waals surface area contributed by atoms with Crippen LogP contribution in [-0.2, 0) is 27.4 Å². The molecule has 0 bridgehead atoms. The first-order valence-corrected chi connectivity index (χ1v) is 7.12. The lowest BCUT2D eigenvalue weighted by Gasteiger charge is -2.07. The van der Waals surface area contributed by atoms with Gasteiger partial charge in [-0.2, -0.15) is 5.26 Å². The van der Waals surface area contributed by atoms with E-state index in [9.17, 15) is 9.59 Å². The van der Waals surface area contributed by atoms with E-state index in [4.69, 9.17) is 10.00 Å². The predicted octanol–water partition coefficient (Wildman–Crippen LogP) is 1.96. The summed E-state index contributed by atoms with van der Waals surface area (Å²) in [5.74, 6) is -0.756. The number of benzene rings is 2. The van der Waals surface area contributed by atoms with Crippen molar-refractivity contribution in [2.75, 3.05) is 6.54 Å². The Hall–Kier alpha value is -3.13. The van der Waals surface area contributed by atoms with Crippen LogP contribution in [0.15, 0.2) is 54.6 Å². The van der Waals surface area contributed by atoms with Gasteiger partial charge in [0.25, 0.3) is 0 Å². The summed E-state index contributed by atoms with van der Waals surface area (Å²) in [6.45, 7) is -0.105. The zero-order chi connectivity index (χ0) is 16.5. The molecule has 0 saturated carbocycles. The van der Waals surface area contributed by atoms with Crippen molar-refractivity contribution in [1.29, 1.82) is 5.26 Å². The molecule has 0 aliphatic heterocycles. The lowest BCUT2D eigenvalue weighted by molar-refractivity contribution is -0.145. The highest BCUT2D eigenvalue weighted by Crippen LogP contribution is 2.05. The second-order valence-electron chi connectivity index (χ2n) is 4.91. The number of hydrogen-bond donors (Lipinski definition) is 1. The van der Waals surface area contributed by atoms with Crippen molar-refractivity contribution in [3.63, 3.8) is 0 Å². The molecule has 1 N–H and O–H groups in total. The predicted molar refractivity (Wildman–Crippen MR) is 84.1 cm³/mol. The number of nitrogens with zero attached hydrogens (tertiary/aromatic N) is 1. The highest BCUT2D eigenvalue weighted by Gasteiger charge is 2.08. The molecule has 0 heterocycles. The number of nitrogens with one attached hydrogen (secondary N) is 1. The van der Waals surface area contributed by atoms with Gasteiger partial charge in [0.2, 0.25) is 5.91 Å². The summed E-state index contributed by atoms with van der Waals surface area (Å²) in [6, 6.07) is 18.1. The molecule has 0 aromatic heterocycles. The summed E-state index contributed by atoms with van der Waals surface area (Å²) >= 11 is 0. The molecular formula is C18H16N2O3. The molecule has 0 fully saturated rings. The van der Waals surface area contributed by atoms with E-state index in [0.717, 1.165) is 11.1 Å². The van der Waals surface area contributed by atoms with E-state index in [-0.39, 0.29) is 25.5 Å². The molecule has 0 atom stereocenters. The van der Waals surface area contributed by atoms with Crippen molar-refractivity contribution in [1.82, 2.24) is 5.32 Å². The van der Waals surface area contributed by atoms with Crippen LogP contribution in [-0.4, -0.2) is 18.4 Å². The summed E-state index contributed by atoms with van der Waals surface area (Å²) in [6.07, 6.45) is 0.221. The maximum atomic E-state index is 11.7. The van der Waals surface area contributed by atoms with Crippen LogP contribution in [0.5, 0.6) is 0 Å². The molecule has 5 nitrogen and oxygen atoms in total. The quantitative estimate of drug-likeness (QED) is 0.827. The van der Waals surface area contributed by atoms with Gasteiger partial charge < -0.3 is 10.1 Å². The van der Waals surface area contributed by atoms with Gasteiger partial charge >= 0.3 is 5.97 Å². The minimum Gasteiger partial charge on any atom is -0.460 e. The number of carbonyl (C=O) groups is 2. The zero-order valence-electron chi connectivity index (χ0n) is 12.5. The third-order valence-electron chi connectivity index (χ3n) is 3.09. The van der Waals surface area contributed by atoms with Crippen molar-refractivity contribution >= 4 is 11.9 Å². The Morgan fingerprint density at radius 3 is 2.52 bits per heavy atom. The number of hydrogen-bond acceptors (Lipinski definition) is 4. The van der Waals surface area contributed by atoms with Gasteiger partial charge in [0, 0.05) is 0 Å². The molecule has 0 aliphatic carbocycles. The van der Waals surface area contributed by atoms with Gasteiger partial charge in [0.1, 0.15) is 13.2 Å². The van der Waals surface area contributed by atoms with Gasteiger partial charge in [-0.1, -0.05) is 42.5 Å². The first-order chi connectivity index (χ1) is 11.2.